The summed E-state index contributed by atoms with van der Waals surface area (Å²) in [7, 11) is -3.67. The van der Waals surface area contributed by atoms with Gasteiger partial charge in [-0.25, -0.2) is 13.6 Å². The highest BCUT2D eigenvalue weighted by molar-refractivity contribution is 7.89. The van der Waals surface area contributed by atoms with Gasteiger partial charge in [0, 0.05) is 32.7 Å². The SMILES string of the molecule is NS(=O)(=O)c1ccccc1NCCCN1CCNCC1. The zero-order chi connectivity index (χ0) is 14.4. The average molecular weight is 298 g/mol. The van der Waals surface area contributed by atoms with Crippen LogP contribution in [0.15, 0.2) is 29.2 Å². The lowest BCUT2D eigenvalue weighted by Crippen LogP contribution is -2.44. The smallest absolute Gasteiger partial charge is 0.240 e. The summed E-state index contributed by atoms with van der Waals surface area (Å²) in [6, 6.07) is 6.73. The van der Waals surface area contributed by atoms with Crippen molar-refractivity contribution >= 4 is 15.7 Å². The fourth-order valence-corrected chi connectivity index (χ4v) is 3.04. The number of piperazine rings is 1. The monoisotopic (exact) mass is 298 g/mol. The van der Waals surface area contributed by atoms with E-state index in [4.69, 9.17) is 5.14 Å². The molecule has 1 aliphatic heterocycles. The molecule has 0 atom stereocenters. The molecule has 1 aliphatic rings. The van der Waals surface area contributed by atoms with Crippen LogP contribution in [-0.2, 0) is 10.0 Å². The van der Waals surface area contributed by atoms with Gasteiger partial charge in [-0.3, -0.25) is 0 Å². The number of nitrogens with zero attached hydrogens (tertiary/aromatic N) is 1. The highest BCUT2D eigenvalue weighted by Gasteiger charge is 2.13. The molecular weight excluding hydrogens is 276 g/mol. The third-order valence-corrected chi connectivity index (χ3v) is 4.34. The largest absolute Gasteiger partial charge is 0.384 e. The van der Waals surface area contributed by atoms with Crippen LogP contribution in [0.1, 0.15) is 6.42 Å². The number of rotatable bonds is 6. The average Bonchev–Trinajstić information content (AvgIpc) is 2.44. The molecule has 20 heavy (non-hydrogen) atoms. The Bertz CT molecular complexity index is 527. The normalized spacial score (nSPS) is 17.1. The van der Waals surface area contributed by atoms with E-state index < -0.39 is 10.0 Å². The van der Waals surface area contributed by atoms with E-state index >= 15 is 0 Å². The first kappa shape index (κ1) is 15.2. The van der Waals surface area contributed by atoms with Gasteiger partial charge in [0.25, 0.3) is 0 Å². The van der Waals surface area contributed by atoms with Gasteiger partial charge >= 0.3 is 0 Å². The summed E-state index contributed by atoms with van der Waals surface area (Å²) in [5.41, 5.74) is 0.579. The highest BCUT2D eigenvalue weighted by Crippen LogP contribution is 2.18. The summed E-state index contributed by atoms with van der Waals surface area (Å²) in [5.74, 6) is 0. The molecule has 1 aromatic rings. The number of hydrogen-bond donors (Lipinski definition) is 3. The predicted molar refractivity (Wildman–Crippen MR) is 80.2 cm³/mol. The maximum Gasteiger partial charge on any atom is 0.240 e. The topological polar surface area (TPSA) is 87.5 Å². The predicted octanol–water partition coefficient (Wildman–Crippen LogP) is 0.0412. The second-order valence-corrected chi connectivity index (χ2v) is 6.44. The number of primary sulfonamides is 1. The third-order valence-electron chi connectivity index (χ3n) is 3.37. The lowest BCUT2D eigenvalue weighted by molar-refractivity contribution is 0.240. The Morgan fingerprint density at radius 1 is 1.25 bits per heavy atom. The van der Waals surface area contributed by atoms with Gasteiger partial charge in [-0.1, -0.05) is 12.1 Å². The molecule has 4 N–H and O–H groups in total. The molecule has 0 aliphatic carbocycles. The van der Waals surface area contributed by atoms with Crippen molar-refractivity contribution in [3.8, 4) is 0 Å². The first-order valence-corrected chi connectivity index (χ1v) is 8.41. The Labute approximate surface area is 120 Å². The van der Waals surface area contributed by atoms with Crippen molar-refractivity contribution in [2.24, 2.45) is 5.14 Å². The summed E-state index contributed by atoms with van der Waals surface area (Å²) in [5, 5.41) is 11.7. The number of benzene rings is 1. The molecule has 112 valence electrons. The summed E-state index contributed by atoms with van der Waals surface area (Å²) < 4.78 is 22.9. The fraction of sp³-hybridized carbons (Fsp3) is 0.538. The molecule has 0 radical (unpaired) electrons. The molecule has 0 aromatic heterocycles. The van der Waals surface area contributed by atoms with Crippen LogP contribution in [0.2, 0.25) is 0 Å². The van der Waals surface area contributed by atoms with Gasteiger partial charge in [0.1, 0.15) is 4.90 Å². The van der Waals surface area contributed by atoms with Crippen LogP contribution in [0, 0.1) is 0 Å². The van der Waals surface area contributed by atoms with Crippen molar-refractivity contribution in [3.05, 3.63) is 24.3 Å². The zero-order valence-corrected chi connectivity index (χ0v) is 12.3. The van der Waals surface area contributed by atoms with Gasteiger partial charge in [0.05, 0.1) is 5.69 Å². The molecule has 0 spiro atoms. The van der Waals surface area contributed by atoms with E-state index in [0.29, 0.717) is 5.69 Å². The number of sulfonamides is 1. The Morgan fingerprint density at radius 3 is 2.65 bits per heavy atom. The van der Waals surface area contributed by atoms with Crippen LogP contribution in [0.5, 0.6) is 0 Å². The van der Waals surface area contributed by atoms with Gasteiger partial charge in [-0.05, 0) is 25.1 Å². The summed E-state index contributed by atoms with van der Waals surface area (Å²) >= 11 is 0. The molecule has 7 heteroatoms. The van der Waals surface area contributed by atoms with Crippen molar-refractivity contribution in [2.75, 3.05) is 44.6 Å². The molecule has 1 aromatic carbocycles. The molecular formula is C13H22N4O2S. The van der Waals surface area contributed by atoms with E-state index in [1.165, 1.54) is 6.07 Å². The Balaban J connectivity index is 1.82. The zero-order valence-electron chi connectivity index (χ0n) is 11.5. The minimum absolute atomic E-state index is 0.155. The molecule has 2 rings (SSSR count). The molecule has 0 saturated carbocycles. The van der Waals surface area contributed by atoms with E-state index in [9.17, 15) is 8.42 Å². The fourth-order valence-electron chi connectivity index (χ4n) is 2.32. The summed E-state index contributed by atoms with van der Waals surface area (Å²) in [6.45, 7) is 5.99. The standard InChI is InChI=1S/C13H22N4O2S/c14-20(18,19)13-5-2-1-4-12(13)16-6-3-9-17-10-7-15-8-11-17/h1-2,4-5,15-16H,3,6-11H2,(H2,14,18,19). The maximum atomic E-state index is 11.5. The van der Waals surface area contributed by atoms with E-state index in [2.05, 4.69) is 15.5 Å². The summed E-state index contributed by atoms with van der Waals surface area (Å²) in [4.78, 5) is 2.56. The minimum Gasteiger partial charge on any atom is -0.384 e. The van der Waals surface area contributed by atoms with Crippen LogP contribution in [0.3, 0.4) is 0 Å². The highest BCUT2D eigenvalue weighted by atomic mass is 32.2. The molecule has 0 amide bonds. The number of anilines is 1. The van der Waals surface area contributed by atoms with Crippen molar-refractivity contribution in [3.63, 3.8) is 0 Å². The number of nitrogens with two attached hydrogens (primary N) is 1. The second kappa shape index (κ2) is 7.03. The van der Waals surface area contributed by atoms with Crippen LogP contribution >= 0.6 is 0 Å². The Hall–Kier alpha value is -1.15. The number of nitrogens with one attached hydrogen (secondary N) is 2. The molecule has 1 heterocycles. The van der Waals surface area contributed by atoms with E-state index in [1.54, 1.807) is 18.2 Å². The van der Waals surface area contributed by atoms with Crippen molar-refractivity contribution in [2.45, 2.75) is 11.3 Å². The van der Waals surface area contributed by atoms with Crippen molar-refractivity contribution in [1.82, 2.24) is 10.2 Å². The van der Waals surface area contributed by atoms with Gasteiger partial charge in [0.15, 0.2) is 0 Å². The molecule has 1 saturated heterocycles. The van der Waals surface area contributed by atoms with Crippen LogP contribution in [0.4, 0.5) is 5.69 Å². The van der Waals surface area contributed by atoms with Crippen molar-refractivity contribution in [1.29, 1.82) is 0 Å². The molecule has 0 unspecified atom stereocenters. The lowest BCUT2D eigenvalue weighted by atomic mass is 10.3. The quantitative estimate of drug-likeness (QED) is 0.646. The minimum atomic E-state index is -3.67. The van der Waals surface area contributed by atoms with Gasteiger partial charge < -0.3 is 15.5 Å². The number of para-hydroxylation sites is 1. The van der Waals surface area contributed by atoms with Crippen molar-refractivity contribution < 1.29 is 8.42 Å². The summed E-state index contributed by atoms with van der Waals surface area (Å²) in [6.07, 6.45) is 0.971. The van der Waals surface area contributed by atoms with Gasteiger partial charge in [0.2, 0.25) is 10.0 Å². The third kappa shape index (κ3) is 4.45. The molecule has 1 fully saturated rings. The van der Waals surface area contributed by atoms with E-state index in [0.717, 1.165) is 45.7 Å². The van der Waals surface area contributed by atoms with Gasteiger partial charge in [-0.15, -0.1) is 0 Å². The molecule has 6 nitrogen and oxygen atoms in total. The Morgan fingerprint density at radius 2 is 1.95 bits per heavy atom. The number of hydrogen-bond acceptors (Lipinski definition) is 5. The van der Waals surface area contributed by atoms with Crippen LogP contribution in [-0.4, -0.2) is 52.6 Å². The molecule has 0 bridgehead atoms. The first-order valence-electron chi connectivity index (χ1n) is 6.86. The van der Waals surface area contributed by atoms with Crippen LogP contribution in [0.25, 0.3) is 0 Å². The Kier molecular flexibility index (Phi) is 5.36. The lowest BCUT2D eigenvalue weighted by Gasteiger charge is -2.27. The first-order chi connectivity index (χ1) is 9.57. The van der Waals surface area contributed by atoms with Crippen LogP contribution < -0.4 is 15.8 Å². The second-order valence-electron chi connectivity index (χ2n) is 4.91. The van der Waals surface area contributed by atoms with E-state index in [-0.39, 0.29) is 4.90 Å². The van der Waals surface area contributed by atoms with Gasteiger partial charge in [-0.2, -0.15) is 0 Å². The van der Waals surface area contributed by atoms with E-state index in [1.807, 2.05) is 0 Å². The maximum absolute atomic E-state index is 11.5.